The summed E-state index contributed by atoms with van der Waals surface area (Å²) in [5, 5.41) is 21.7. The number of nitrogens with zero attached hydrogens (tertiary/aromatic N) is 6. The highest BCUT2D eigenvalue weighted by Crippen LogP contribution is 2.62. The van der Waals surface area contributed by atoms with Crippen LogP contribution in [0.2, 0.25) is 0 Å². The Bertz CT molecular complexity index is 2710. The van der Waals surface area contributed by atoms with Gasteiger partial charge in [-0.25, -0.2) is 15.0 Å². The predicted molar refractivity (Wildman–Crippen MR) is 216 cm³/mol. The lowest BCUT2D eigenvalue weighted by atomic mass is 9.62. The van der Waals surface area contributed by atoms with Crippen molar-refractivity contribution in [2.75, 3.05) is 4.90 Å². The van der Waals surface area contributed by atoms with E-state index in [9.17, 15) is 10.5 Å². The lowest BCUT2D eigenvalue weighted by Gasteiger charge is -2.49. The molecule has 1 aromatic heterocycles. The fourth-order valence-corrected chi connectivity index (χ4v) is 9.39. The molecule has 0 amide bonds. The maximum atomic E-state index is 10.9. The van der Waals surface area contributed by atoms with Crippen LogP contribution in [-0.2, 0) is 5.41 Å². The minimum atomic E-state index is -0.606. The zero-order chi connectivity index (χ0) is 36.9. The smallest absolute Gasteiger partial charge is 0.166 e. The van der Waals surface area contributed by atoms with Crippen LogP contribution < -0.4 is 4.90 Å². The van der Waals surface area contributed by atoms with E-state index in [-0.39, 0.29) is 5.82 Å². The third kappa shape index (κ3) is 4.99. The van der Waals surface area contributed by atoms with Gasteiger partial charge in [0, 0.05) is 26.6 Å². The van der Waals surface area contributed by atoms with Crippen molar-refractivity contribution in [2.45, 2.75) is 15.2 Å². The minimum Gasteiger partial charge on any atom is -0.310 e. The van der Waals surface area contributed by atoms with Gasteiger partial charge in [0.15, 0.2) is 17.5 Å². The Morgan fingerprint density at radius 2 is 0.855 bits per heavy atom. The van der Waals surface area contributed by atoms with Gasteiger partial charge in [-0.2, -0.15) is 10.5 Å². The average molecular weight is 721 g/mol. The van der Waals surface area contributed by atoms with Crippen LogP contribution in [-0.4, -0.2) is 15.0 Å². The lowest BCUT2D eigenvalue weighted by Crippen LogP contribution is -2.39. The largest absolute Gasteiger partial charge is 0.310 e. The third-order valence-corrected chi connectivity index (χ3v) is 11.6. The molecule has 2 aliphatic rings. The van der Waals surface area contributed by atoms with Crippen molar-refractivity contribution in [3.63, 3.8) is 0 Å². The number of hydrogen-bond donors (Lipinski definition) is 0. The zero-order valence-electron chi connectivity index (χ0n) is 29.3. The summed E-state index contributed by atoms with van der Waals surface area (Å²) in [6.07, 6.45) is 0. The van der Waals surface area contributed by atoms with Crippen molar-refractivity contribution in [1.29, 1.82) is 10.5 Å². The summed E-state index contributed by atoms with van der Waals surface area (Å²) in [7, 11) is 0. The Balaban J connectivity index is 1.21. The quantitative estimate of drug-likeness (QED) is 0.179. The summed E-state index contributed by atoms with van der Waals surface area (Å²) in [5.74, 6) is 1.17. The van der Waals surface area contributed by atoms with E-state index in [0.29, 0.717) is 34.0 Å². The molecule has 0 N–H and O–H groups in total. The maximum absolute atomic E-state index is 10.9. The molecule has 256 valence electrons. The number of fused-ring (bicyclic) bond motifs is 8. The molecule has 0 bridgehead atoms. The second-order valence-corrected chi connectivity index (χ2v) is 14.5. The first-order valence-corrected chi connectivity index (χ1v) is 18.7. The monoisotopic (exact) mass is 720 g/mol. The van der Waals surface area contributed by atoms with Gasteiger partial charge in [-0.15, -0.1) is 0 Å². The Morgan fingerprint density at radius 3 is 1.33 bits per heavy atom. The number of nitriles is 2. The highest BCUT2D eigenvalue weighted by Gasteiger charge is 2.50. The number of rotatable bonds is 4. The second kappa shape index (κ2) is 13.0. The topological polar surface area (TPSA) is 89.5 Å². The van der Waals surface area contributed by atoms with Crippen LogP contribution in [0.25, 0.3) is 34.2 Å². The molecule has 0 radical (unpaired) electrons. The van der Waals surface area contributed by atoms with Crippen molar-refractivity contribution < 1.29 is 0 Å². The number of hydrogen-bond acceptors (Lipinski definition) is 7. The van der Waals surface area contributed by atoms with Crippen LogP contribution in [0.3, 0.4) is 0 Å². The van der Waals surface area contributed by atoms with Gasteiger partial charge in [0.1, 0.15) is 12.1 Å². The molecule has 0 aliphatic carbocycles. The first-order valence-electron chi connectivity index (χ1n) is 17.9. The number of anilines is 3. The molecule has 7 heteroatoms. The van der Waals surface area contributed by atoms with Gasteiger partial charge in [-0.05, 0) is 58.7 Å². The number of aromatic nitrogens is 3. The molecule has 3 heterocycles. The van der Waals surface area contributed by atoms with Gasteiger partial charge in [-0.1, -0.05) is 145 Å². The fourth-order valence-electron chi connectivity index (χ4n) is 8.19. The van der Waals surface area contributed by atoms with E-state index < -0.39 is 5.41 Å². The van der Waals surface area contributed by atoms with E-state index in [1.165, 1.54) is 20.9 Å². The van der Waals surface area contributed by atoms with Gasteiger partial charge >= 0.3 is 0 Å². The van der Waals surface area contributed by atoms with E-state index in [1.807, 2.05) is 72.8 Å². The molecule has 6 nitrogen and oxygen atoms in total. The van der Waals surface area contributed by atoms with Crippen LogP contribution in [0.5, 0.6) is 0 Å². The molecule has 0 unspecified atom stereocenters. The summed E-state index contributed by atoms with van der Waals surface area (Å²) in [4.78, 5) is 19.2. The van der Waals surface area contributed by atoms with E-state index in [1.54, 1.807) is 11.8 Å². The Hall–Kier alpha value is -7.32. The zero-order valence-corrected chi connectivity index (χ0v) is 30.1. The SMILES string of the molecule is N#Cc1cc(N2c3ccccc3C3(c4ccccc4Sc4ccccc43)c3ccccc32)cc(C#N)c1-c1nc(-c2ccccc2)nc(-c2ccccc2)n1. The third-order valence-electron chi connectivity index (χ3n) is 10.4. The second-order valence-electron chi connectivity index (χ2n) is 13.4. The number of para-hydroxylation sites is 2. The number of benzene rings is 7. The van der Waals surface area contributed by atoms with Crippen LogP contribution in [0.4, 0.5) is 17.1 Å². The molecule has 0 atom stereocenters. The van der Waals surface area contributed by atoms with Crippen LogP contribution in [0.15, 0.2) is 180 Å². The normalized spacial score (nSPS) is 13.1. The Kier molecular flexibility index (Phi) is 7.62. The van der Waals surface area contributed by atoms with Gasteiger partial charge in [0.2, 0.25) is 0 Å². The highest BCUT2D eigenvalue weighted by molar-refractivity contribution is 7.99. The van der Waals surface area contributed by atoms with Crippen LogP contribution >= 0.6 is 11.8 Å². The Morgan fingerprint density at radius 1 is 0.455 bits per heavy atom. The first-order chi connectivity index (χ1) is 27.2. The summed E-state index contributed by atoms with van der Waals surface area (Å²) in [5.41, 5.74) is 9.26. The average Bonchev–Trinajstić information content (AvgIpc) is 3.26. The first kappa shape index (κ1) is 32.3. The van der Waals surface area contributed by atoms with Crippen molar-refractivity contribution in [3.8, 4) is 46.3 Å². The molecule has 7 aromatic carbocycles. The molecule has 0 fully saturated rings. The Labute approximate surface area is 322 Å². The summed E-state index contributed by atoms with van der Waals surface area (Å²) in [6.45, 7) is 0. The van der Waals surface area contributed by atoms with E-state index >= 15 is 0 Å². The van der Waals surface area contributed by atoms with E-state index in [0.717, 1.165) is 33.6 Å². The van der Waals surface area contributed by atoms with Crippen molar-refractivity contribution in [3.05, 3.63) is 203 Å². The summed E-state index contributed by atoms with van der Waals surface area (Å²) < 4.78 is 0. The van der Waals surface area contributed by atoms with Gasteiger partial charge < -0.3 is 4.90 Å². The molecule has 1 spiro atoms. The van der Waals surface area contributed by atoms with Gasteiger partial charge in [0.25, 0.3) is 0 Å². The van der Waals surface area contributed by atoms with Crippen LogP contribution in [0, 0.1) is 22.7 Å². The molecule has 0 saturated heterocycles. The predicted octanol–water partition coefficient (Wildman–Crippen LogP) is 11.2. The fraction of sp³-hybridized carbons (Fsp3) is 0.0208. The molecular formula is C48H28N6S. The summed E-state index contributed by atoms with van der Waals surface area (Å²) in [6, 6.07) is 62.3. The van der Waals surface area contributed by atoms with E-state index in [2.05, 4.69) is 114 Å². The molecule has 8 aromatic rings. The molecule has 2 aliphatic heterocycles. The molecule has 55 heavy (non-hydrogen) atoms. The van der Waals surface area contributed by atoms with Crippen LogP contribution in [0.1, 0.15) is 33.4 Å². The van der Waals surface area contributed by atoms with Crippen molar-refractivity contribution in [1.82, 2.24) is 15.0 Å². The minimum absolute atomic E-state index is 0.263. The van der Waals surface area contributed by atoms with Crippen molar-refractivity contribution >= 4 is 28.8 Å². The van der Waals surface area contributed by atoms with Crippen molar-refractivity contribution in [2.24, 2.45) is 0 Å². The standard InChI is InChI=1S/C48H28N6S/c49-29-33-27-35(28-34(30-50)44(33)47-52-45(31-15-3-1-4-16-31)51-46(53-47)32-17-5-2-6-18-32)54-40-23-11-7-19-36(40)48(37-20-8-12-24-41(37)54)38-21-9-13-25-42(38)55-43-26-14-10-22-39(43)48/h1-28H. The maximum Gasteiger partial charge on any atom is 0.166 e. The molecule has 0 saturated carbocycles. The lowest BCUT2D eigenvalue weighted by molar-refractivity contribution is 0.692. The van der Waals surface area contributed by atoms with Gasteiger partial charge in [-0.3, -0.25) is 0 Å². The van der Waals surface area contributed by atoms with Gasteiger partial charge in [0.05, 0.1) is 33.5 Å². The highest BCUT2D eigenvalue weighted by atomic mass is 32.2. The van der Waals surface area contributed by atoms with E-state index in [4.69, 9.17) is 15.0 Å². The molecule has 10 rings (SSSR count). The summed E-state index contributed by atoms with van der Waals surface area (Å²) >= 11 is 1.80. The molecular weight excluding hydrogens is 693 g/mol.